The van der Waals surface area contributed by atoms with Crippen molar-refractivity contribution in [3.8, 4) is 5.88 Å². The summed E-state index contributed by atoms with van der Waals surface area (Å²) in [6, 6.07) is -0.160. The highest BCUT2D eigenvalue weighted by atomic mass is 19.1. The van der Waals surface area contributed by atoms with E-state index in [1.165, 1.54) is 12.5 Å². The third kappa shape index (κ3) is 3.12. The molecule has 2 N–H and O–H groups in total. The van der Waals surface area contributed by atoms with Gasteiger partial charge in [0.2, 0.25) is 5.88 Å². The third-order valence-electron chi connectivity index (χ3n) is 3.77. The number of anilines is 1. The summed E-state index contributed by atoms with van der Waals surface area (Å²) >= 11 is 0. The van der Waals surface area contributed by atoms with Crippen molar-refractivity contribution >= 4 is 17.7 Å². The van der Waals surface area contributed by atoms with Crippen molar-refractivity contribution in [1.29, 1.82) is 0 Å². The van der Waals surface area contributed by atoms with Crippen molar-refractivity contribution in [3.05, 3.63) is 35.6 Å². The molecule has 3 rings (SSSR count). The van der Waals surface area contributed by atoms with Gasteiger partial charge in [-0.2, -0.15) is 0 Å². The lowest BCUT2D eigenvalue weighted by Crippen LogP contribution is -2.19. The molecule has 2 heterocycles. The molecule has 0 aromatic carbocycles. The number of aromatic nitrogens is 2. The zero-order valence-electron chi connectivity index (χ0n) is 13.4. The summed E-state index contributed by atoms with van der Waals surface area (Å²) in [6.45, 7) is 4.10. The summed E-state index contributed by atoms with van der Waals surface area (Å²) in [7, 11) is 0. The maximum atomic E-state index is 14.7. The molecule has 1 aromatic rings. The Bertz CT molecular complexity index is 757. The Balaban J connectivity index is 1.87. The predicted octanol–water partition coefficient (Wildman–Crippen LogP) is 2.41. The lowest BCUT2D eigenvalue weighted by molar-refractivity contribution is 0.160. The third-order valence-corrected chi connectivity index (χ3v) is 3.77. The molecule has 7 nitrogen and oxygen atoms in total. The van der Waals surface area contributed by atoms with Crippen molar-refractivity contribution in [2.75, 3.05) is 12.3 Å². The Morgan fingerprint density at radius 2 is 2.29 bits per heavy atom. The first kappa shape index (κ1) is 16.1. The summed E-state index contributed by atoms with van der Waals surface area (Å²) in [5.41, 5.74) is 7.09. The van der Waals surface area contributed by atoms with E-state index in [2.05, 4.69) is 20.1 Å². The van der Waals surface area contributed by atoms with Gasteiger partial charge in [-0.3, -0.25) is 4.99 Å². The molecular weight excluding hydrogens is 313 g/mol. The number of nitrogens with two attached hydrogens (primary N) is 1. The van der Waals surface area contributed by atoms with E-state index in [9.17, 15) is 4.39 Å². The second-order valence-corrected chi connectivity index (χ2v) is 5.47. The molecule has 0 fully saturated rings. The van der Waals surface area contributed by atoms with Crippen LogP contribution in [0.5, 0.6) is 5.88 Å². The fraction of sp³-hybridized carbons (Fsp3) is 0.375. The van der Waals surface area contributed by atoms with Gasteiger partial charge < -0.3 is 15.3 Å². The number of aliphatic imine (C=N–C) groups is 1. The van der Waals surface area contributed by atoms with Gasteiger partial charge in [0.15, 0.2) is 5.76 Å². The summed E-state index contributed by atoms with van der Waals surface area (Å²) in [5.74, 6) is -0.264. The fourth-order valence-corrected chi connectivity index (χ4v) is 2.65. The van der Waals surface area contributed by atoms with E-state index in [1.54, 1.807) is 13.0 Å². The first-order valence-electron chi connectivity index (χ1n) is 7.65. The average Bonchev–Trinajstić information content (AvgIpc) is 2.94. The number of nitrogens with zero attached hydrogens (tertiary/aromatic N) is 4. The number of nitrogen functional groups attached to an aromatic ring is 1. The summed E-state index contributed by atoms with van der Waals surface area (Å²) < 4.78 is 20.3. The monoisotopic (exact) mass is 331 g/mol. The molecule has 2 unspecified atom stereocenters. The van der Waals surface area contributed by atoms with Crippen LogP contribution in [0.1, 0.15) is 25.8 Å². The number of rotatable bonds is 5. The van der Waals surface area contributed by atoms with Gasteiger partial charge in [-0.15, -0.1) is 0 Å². The zero-order chi connectivity index (χ0) is 17.1. The van der Waals surface area contributed by atoms with Crippen LogP contribution in [0.3, 0.4) is 0 Å². The highest BCUT2D eigenvalue weighted by molar-refractivity contribution is 5.88. The first-order chi connectivity index (χ1) is 11.6. The van der Waals surface area contributed by atoms with E-state index < -0.39 is 0 Å². The summed E-state index contributed by atoms with van der Waals surface area (Å²) in [4.78, 5) is 17.2. The molecule has 1 aliphatic heterocycles. The molecule has 8 heteroatoms. The van der Waals surface area contributed by atoms with Gasteiger partial charge in [-0.05, 0) is 26.3 Å². The lowest BCUT2D eigenvalue weighted by atomic mass is 9.92. The molecule has 1 aromatic heterocycles. The van der Waals surface area contributed by atoms with Crippen molar-refractivity contribution < 1.29 is 14.0 Å². The van der Waals surface area contributed by atoms with Crippen molar-refractivity contribution in [3.63, 3.8) is 0 Å². The minimum absolute atomic E-state index is 0.102. The van der Waals surface area contributed by atoms with E-state index in [0.29, 0.717) is 18.6 Å². The lowest BCUT2D eigenvalue weighted by Gasteiger charge is -2.20. The van der Waals surface area contributed by atoms with Gasteiger partial charge in [-0.1, -0.05) is 11.2 Å². The largest absolute Gasteiger partial charge is 0.435 e. The first-order valence-corrected chi connectivity index (χ1v) is 7.65. The smallest absolute Gasteiger partial charge is 0.233 e. The molecule has 0 radical (unpaired) electrons. The standard InChI is InChI=1S/C16H18FN5O2/c1-3-23-21-7-11-15(18)19-8-20-16(11)24-13-5-4-12-10(14(13)17)6-9(2)22-12/h4-5,7-8,10,12H,3,6H2,1-2H3,(H2,18,19,20). The molecule has 24 heavy (non-hydrogen) atoms. The Kier molecular flexibility index (Phi) is 4.54. The highest BCUT2D eigenvalue weighted by Crippen LogP contribution is 2.36. The maximum Gasteiger partial charge on any atom is 0.233 e. The number of ether oxygens (including phenoxy) is 1. The van der Waals surface area contributed by atoms with E-state index in [4.69, 9.17) is 15.3 Å². The molecule has 0 bridgehead atoms. The average molecular weight is 331 g/mol. The van der Waals surface area contributed by atoms with Crippen molar-refractivity contribution in [2.45, 2.75) is 26.3 Å². The molecule has 0 saturated carbocycles. The van der Waals surface area contributed by atoms with Crippen LogP contribution < -0.4 is 10.5 Å². The molecule has 0 saturated heterocycles. The van der Waals surface area contributed by atoms with Gasteiger partial charge in [0.05, 0.1) is 12.3 Å². The Labute approximate surface area is 138 Å². The highest BCUT2D eigenvalue weighted by Gasteiger charge is 2.34. The Hall–Kier alpha value is -2.77. The number of fused-ring (bicyclic) bond motifs is 1. The zero-order valence-corrected chi connectivity index (χ0v) is 13.4. The summed E-state index contributed by atoms with van der Waals surface area (Å²) in [5, 5.41) is 3.75. The van der Waals surface area contributed by atoms with Crippen LogP contribution in [0.25, 0.3) is 0 Å². The topological polar surface area (TPSA) is 95.0 Å². The van der Waals surface area contributed by atoms with Crippen LogP contribution in [0.2, 0.25) is 0 Å². The quantitative estimate of drug-likeness (QED) is 0.660. The van der Waals surface area contributed by atoms with Crippen molar-refractivity contribution in [2.24, 2.45) is 16.1 Å². The maximum absolute atomic E-state index is 14.7. The van der Waals surface area contributed by atoms with E-state index >= 15 is 0 Å². The predicted molar refractivity (Wildman–Crippen MR) is 88.6 cm³/mol. The van der Waals surface area contributed by atoms with Gasteiger partial charge in [0.25, 0.3) is 0 Å². The number of hydrogen-bond acceptors (Lipinski definition) is 7. The molecule has 0 spiro atoms. The van der Waals surface area contributed by atoms with Gasteiger partial charge in [0.1, 0.15) is 30.1 Å². The minimum Gasteiger partial charge on any atom is -0.435 e. The molecule has 2 aliphatic rings. The Morgan fingerprint density at radius 3 is 3.08 bits per heavy atom. The number of halogens is 1. The summed E-state index contributed by atoms with van der Waals surface area (Å²) in [6.07, 6.45) is 6.58. The number of hydrogen-bond donors (Lipinski definition) is 1. The second-order valence-electron chi connectivity index (χ2n) is 5.47. The molecular formula is C16H18FN5O2. The van der Waals surface area contributed by atoms with Gasteiger partial charge >= 0.3 is 0 Å². The van der Waals surface area contributed by atoms with Crippen LogP contribution in [-0.2, 0) is 4.84 Å². The minimum atomic E-state index is -0.340. The second kappa shape index (κ2) is 6.77. The normalized spacial score (nSPS) is 22.7. The fourth-order valence-electron chi connectivity index (χ4n) is 2.65. The van der Waals surface area contributed by atoms with Crippen molar-refractivity contribution in [1.82, 2.24) is 9.97 Å². The molecule has 1 aliphatic carbocycles. The number of oxime groups is 1. The van der Waals surface area contributed by atoms with E-state index in [0.717, 1.165) is 5.71 Å². The van der Waals surface area contributed by atoms with Crippen LogP contribution in [0, 0.1) is 5.92 Å². The molecule has 126 valence electrons. The van der Waals surface area contributed by atoms with Crippen LogP contribution in [-0.4, -0.2) is 34.5 Å². The van der Waals surface area contributed by atoms with Crippen LogP contribution in [0.15, 0.2) is 40.2 Å². The van der Waals surface area contributed by atoms with Crippen LogP contribution in [0.4, 0.5) is 10.2 Å². The van der Waals surface area contributed by atoms with Gasteiger partial charge in [0, 0.05) is 11.6 Å². The SMILES string of the molecule is CCON=Cc1c(N)ncnc1OC1=C(F)C2CC(C)=NC2C=C1. The number of allylic oxidation sites excluding steroid dienone is 1. The van der Waals surface area contributed by atoms with E-state index in [1.807, 2.05) is 13.0 Å². The molecule has 2 atom stereocenters. The van der Waals surface area contributed by atoms with Gasteiger partial charge in [-0.25, -0.2) is 14.4 Å². The molecule has 0 amide bonds. The van der Waals surface area contributed by atoms with E-state index in [-0.39, 0.29) is 35.2 Å². The Morgan fingerprint density at radius 1 is 1.46 bits per heavy atom. The van der Waals surface area contributed by atoms with Crippen LogP contribution >= 0.6 is 0 Å².